The Labute approximate surface area is 126 Å². The fourth-order valence-corrected chi connectivity index (χ4v) is 3.02. The van der Waals surface area contributed by atoms with Crippen molar-refractivity contribution < 1.29 is 22.7 Å². The number of rotatable bonds is 6. The predicted molar refractivity (Wildman–Crippen MR) is 74.6 cm³/mol. The van der Waals surface area contributed by atoms with Gasteiger partial charge in [0.25, 0.3) is 5.91 Å². The number of alkyl halides is 3. The Bertz CT molecular complexity index is 582. The van der Waals surface area contributed by atoms with Gasteiger partial charge in [-0.2, -0.15) is 13.2 Å². The highest BCUT2D eigenvalue weighted by molar-refractivity contribution is 7.20. The first-order chi connectivity index (χ1) is 9.96. The summed E-state index contributed by atoms with van der Waals surface area (Å²) in [6.07, 6.45) is -4.35. The van der Waals surface area contributed by atoms with Crippen LogP contribution in [0.3, 0.4) is 0 Å². The van der Waals surface area contributed by atoms with Crippen molar-refractivity contribution in [3.8, 4) is 9.88 Å². The molecule has 0 saturated carbocycles. The minimum absolute atomic E-state index is 0.000769. The summed E-state index contributed by atoms with van der Waals surface area (Å²) in [5.41, 5.74) is 0.249. The first kappa shape index (κ1) is 15.9. The van der Waals surface area contributed by atoms with E-state index in [2.05, 4.69) is 15.0 Å². The van der Waals surface area contributed by atoms with Gasteiger partial charge in [-0.15, -0.1) is 22.7 Å². The molecule has 0 fully saturated rings. The largest absolute Gasteiger partial charge is 0.411 e. The molecule has 9 heteroatoms. The molecule has 1 N–H and O–H groups in total. The van der Waals surface area contributed by atoms with E-state index in [4.69, 9.17) is 0 Å². The summed E-state index contributed by atoms with van der Waals surface area (Å²) in [5.74, 6) is -0.426. The van der Waals surface area contributed by atoms with E-state index in [0.717, 1.165) is 9.88 Å². The van der Waals surface area contributed by atoms with Crippen molar-refractivity contribution >= 4 is 28.6 Å². The van der Waals surface area contributed by atoms with E-state index in [0.29, 0.717) is 0 Å². The maximum absolute atomic E-state index is 11.8. The van der Waals surface area contributed by atoms with Crippen LogP contribution in [0, 0.1) is 0 Å². The summed E-state index contributed by atoms with van der Waals surface area (Å²) in [5, 5.41) is 6.72. The van der Waals surface area contributed by atoms with E-state index in [1.165, 1.54) is 22.7 Å². The number of thiophene rings is 1. The van der Waals surface area contributed by atoms with E-state index >= 15 is 0 Å². The first-order valence-electron chi connectivity index (χ1n) is 5.88. The van der Waals surface area contributed by atoms with Gasteiger partial charge in [0, 0.05) is 11.9 Å². The van der Waals surface area contributed by atoms with E-state index < -0.39 is 18.7 Å². The molecule has 2 rings (SSSR count). The Morgan fingerprint density at radius 1 is 1.38 bits per heavy atom. The van der Waals surface area contributed by atoms with Crippen LogP contribution in [-0.4, -0.2) is 36.8 Å². The van der Waals surface area contributed by atoms with Crippen LogP contribution in [0.1, 0.15) is 10.5 Å². The molecule has 114 valence electrons. The van der Waals surface area contributed by atoms with Crippen molar-refractivity contribution in [2.75, 3.05) is 19.8 Å². The van der Waals surface area contributed by atoms with Crippen molar-refractivity contribution in [1.29, 1.82) is 0 Å². The molecule has 2 aromatic rings. The number of thiazole rings is 1. The number of hydrogen-bond acceptors (Lipinski definition) is 5. The molecule has 1 amide bonds. The number of carbonyl (C=O) groups excluding carboxylic acids is 1. The summed E-state index contributed by atoms with van der Waals surface area (Å²) >= 11 is 2.86. The lowest BCUT2D eigenvalue weighted by molar-refractivity contribution is -0.173. The zero-order valence-electron chi connectivity index (χ0n) is 10.6. The molecule has 2 heterocycles. The van der Waals surface area contributed by atoms with Gasteiger partial charge in [0.05, 0.1) is 11.5 Å². The van der Waals surface area contributed by atoms with E-state index in [-0.39, 0.29) is 18.8 Å². The molecule has 0 spiro atoms. The van der Waals surface area contributed by atoms with Crippen LogP contribution in [-0.2, 0) is 4.74 Å². The third-order valence-electron chi connectivity index (χ3n) is 2.27. The number of nitrogens with one attached hydrogen (secondary N) is 1. The highest BCUT2D eigenvalue weighted by atomic mass is 32.1. The molecule has 21 heavy (non-hydrogen) atoms. The molecule has 2 aromatic heterocycles. The quantitative estimate of drug-likeness (QED) is 0.824. The summed E-state index contributed by atoms with van der Waals surface area (Å²) in [4.78, 5) is 16.9. The fraction of sp³-hybridized carbons (Fsp3) is 0.333. The molecule has 0 saturated heterocycles. The van der Waals surface area contributed by atoms with Crippen LogP contribution in [0.5, 0.6) is 0 Å². The number of halogens is 3. The smallest absolute Gasteiger partial charge is 0.370 e. The normalized spacial score (nSPS) is 11.6. The number of amides is 1. The lowest BCUT2D eigenvalue weighted by atomic mass is 10.4. The third-order valence-corrected chi connectivity index (χ3v) is 4.15. The van der Waals surface area contributed by atoms with Gasteiger partial charge in [0.15, 0.2) is 0 Å². The summed E-state index contributed by atoms with van der Waals surface area (Å²) in [7, 11) is 0. The highest BCUT2D eigenvalue weighted by Gasteiger charge is 2.27. The Hall–Kier alpha value is -1.45. The van der Waals surface area contributed by atoms with Gasteiger partial charge in [-0.3, -0.25) is 4.79 Å². The van der Waals surface area contributed by atoms with Gasteiger partial charge in [-0.05, 0) is 11.4 Å². The Morgan fingerprint density at radius 2 is 2.19 bits per heavy atom. The zero-order valence-corrected chi connectivity index (χ0v) is 12.3. The summed E-state index contributed by atoms with van der Waals surface area (Å²) in [6.45, 7) is -1.52. The molecular weight excluding hydrogens is 325 g/mol. The van der Waals surface area contributed by atoms with Crippen molar-refractivity contribution in [2.24, 2.45) is 0 Å². The predicted octanol–water partition coefficient (Wildman–Crippen LogP) is 3.18. The average Bonchev–Trinajstić information content (AvgIpc) is 3.07. The van der Waals surface area contributed by atoms with Crippen LogP contribution < -0.4 is 5.32 Å². The van der Waals surface area contributed by atoms with Crippen LogP contribution in [0.2, 0.25) is 0 Å². The van der Waals surface area contributed by atoms with Crippen LogP contribution >= 0.6 is 22.7 Å². The van der Waals surface area contributed by atoms with Gasteiger partial charge < -0.3 is 10.1 Å². The maximum atomic E-state index is 11.8. The molecule has 0 unspecified atom stereocenters. The maximum Gasteiger partial charge on any atom is 0.411 e. The minimum Gasteiger partial charge on any atom is -0.370 e. The van der Waals surface area contributed by atoms with E-state index in [9.17, 15) is 18.0 Å². The zero-order chi connectivity index (χ0) is 15.3. The van der Waals surface area contributed by atoms with Crippen molar-refractivity contribution in [3.05, 3.63) is 28.6 Å². The second kappa shape index (κ2) is 7.01. The molecular formula is C12H11F3N2O2S2. The molecule has 0 atom stereocenters. The Kier molecular flexibility index (Phi) is 5.32. The van der Waals surface area contributed by atoms with Crippen LogP contribution in [0.25, 0.3) is 9.88 Å². The van der Waals surface area contributed by atoms with Crippen LogP contribution in [0.4, 0.5) is 13.2 Å². The third kappa shape index (κ3) is 5.10. The van der Waals surface area contributed by atoms with Gasteiger partial charge >= 0.3 is 6.18 Å². The van der Waals surface area contributed by atoms with E-state index in [1.807, 2.05) is 17.5 Å². The average molecular weight is 336 g/mol. The Balaban J connectivity index is 1.76. The number of hydrogen-bond donors (Lipinski definition) is 1. The molecule has 0 aliphatic heterocycles. The summed E-state index contributed by atoms with van der Waals surface area (Å²) in [6, 6.07) is 3.79. The number of ether oxygens (including phenoxy) is 1. The molecule has 0 bridgehead atoms. The highest BCUT2D eigenvalue weighted by Crippen LogP contribution is 2.27. The van der Waals surface area contributed by atoms with Gasteiger partial charge in [-0.25, -0.2) is 4.98 Å². The second-order valence-electron chi connectivity index (χ2n) is 3.94. The molecule has 0 aliphatic carbocycles. The molecule has 4 nitrogen and oxygen atoms in total. The summed E-state index contributed by atoms with van der Waals surface area (Å²) < 4.78 is 39.9. The van der Waals surface area contributed by atoms with E-state index in [1.54, 1.807) is 5.38 Å². The second-order valence-corrected chi connectivity index (χ2v) is 5.74. The van der Waals surface area contributed by atoms with Gasteiger partial charge in [0.1, 0.15) is 17.3 Å². The molecule has 0 aromatic carbocycles. The number of nitrogens with zero attached hydrogens (tertiary/aromatic N) is 1. The monoisotopic (exact) mass is 336 g/mol. The van der Waals surface area contributed by atoms with Crippen LogP contribution in [0.15, 0.2) is 22.9 Å². The Morgan fingerprint density at radius 3 is 2.86 bits per heavy atom. The molecule has 0 aliphatic rings. The lowest BCUT2D eigenvalue weighted by Gasteiger charge is -2.07. The number of aromatic nitrogens is 1. The molecule has 0 radical (unpaired) electrons. The van der Waals surface area contributed by atoms with Crippen molar-refractivity contribution in [1.82, 2.24) is 10.3 Å². The standard InChI is InChI=1S/C12H11F3N2O2S2/c13-12(14,15)7-19-4-3-16-10(18)8-6-21-11(17-8)9-2-1-5-20-9/h1-2,5-6H,3-4,7H2,(H,16,18). The SMILES string of the molecule is O=C(NCCOCC(F)(F)F)c1csc(-c2cccs2)n1. The topological polar surface area (TPSA) is 51.2 Å². The first-order valence-corrected chi connectivity index (χ1v) is 7.64. The number of carbonyl (C=O) groups is 1. The van der Waals surface area contributed by atoms with Crippen molar-refractivity contribution in [2.45, 2.75) is 6.18 Å². The van der Waals surface area contributed by atoms with Gasteiger partial charge in [0.2, 0.25) is 0 Å². The van der Waals surface area contributed by atoms with Crippen molar-refractivity contribution in [3.63, 3.8) is 0 Å². The minimum atomic E-state index is -4.35. The lowest BCUT2D eigenvalue weighted by Crippen LogP contribution is -2.29. The fourth-order valence-electron chi connectivity index (χ4n) is 1.41. The van der Waals surface area contributed by atoms with Gasteiger partial charge in [-0.1, -0.05) is 6.07 Å².